The van der Waals surface area contributed by atoms with Gasteiger partial charge in [-0.25, -0.2) is 4.98 Å². The molecule has 2 aromatic carbocycles. The number of aromatic nitrogens is 2. The summed E-state index contributed by atoms with van der Waals surface area (Å²) in [6, 6.07) is 21.3. The number of nitrogens with one attached hydrogen (secondary N) is 2. The van der Waals surface area contributed by atoms with Gasteiger partial charge in [-0.2, -0.15) is 13.2 Å². The third-order valence-electron chi connectivity index (χ3n) is 5.65. The van der Waals surface area contributed by atoms with Crippen LogP contribution >= 0.6 is 33.9 Å². The molecule has 0 aliphatic rings. The maximum atomic E-state index is 13.3. The van der Waals surface area contributed by atoms with Crippen molar-refractivity contribution >= 4 is 50.9 Å². The number of hydrogen-bond donors (Lipinski definition) is 2. The fraction of sp³-hybridized carbons (Fsp3) is 0.185. The van der Waals surface area contributed by atoms with E-state index in [0.717, 1.165) is 40.0 Å². The molecule has 1 unspecified atom stereocenters. The second kappa shape index (κ2) is 11.6. The van der Waals surface area contributed by atoms with Crippen molar-refractivity contribution in [2.75, 3.05) is 9.74 Å². The summed E-state index contributed by atoms with van der Waals surface area (Å²) < 4.78 is 38.6. The maximum absolute atomic E-state index is 13.3. The number of halogens is 4. The monoisotopic (exact) mass is 650 g/mol. The number of nitrogens with zero attached hydrogens (tertiary/aromatic N) is 2. The molecule has 11 heteroatoms. The standard InChI is InChI=1S/C27H22F3IN4O2S/c1-26(16-31,35-23(36)19-12-13-21(32-15-19)27(28,29)30)24(37)34-25-33-22(18-10-6-3-7-11-18)20(38-25)14-17-8-4-2-5-9-17/h2-13,15H,14,16H2,1H3,(H,35,36)(H,33,34,37). The number of pyridine rings is 1. The van der Waals surface area contributed by atoms with E-state index in [-0.39, 0.29) is 9.99 Å². The highest BCUT2D eigenvalue weighted by Crippen LogP contribution is 2.33. The van der Waals surface area contributed by atoms with Crippen LogP contribution in [0.4, 0.5) is 18.3 Å². The van der Waals surface area contributed by atoms with Gasteiger partial charge in [-0.1, -0.05) is 83.3 Å². The number of rotatable bonds is 8. The van der Waals surface area contributed by atoms with Gasteiger partial charge in [0.15, 0.2) is 5.13 Å². The molecule has 4 rings (SSSR count). The highest BCUT2D eigenvalue weighted by atomic mass is 127. The van der Waals surface area contributed by atoms with Gasteiger partial charge >= 0.3 is 6.18 Å². The molecule has 0 fully saturated rings. The summed E-state index contributed by atoms with van der Waals surface area (Å²) in [6.07, 6.45) is -3.15. The third kappa shape index (κ3) is 6.57. The Labute approximate surface area is 234 Å². The molecular weight excluding hydrogens is 628 g/mol. The van der Waals surface area contributed by atoms with Crippen molar-refractivity contribution in [3.8, 4) is 11.3 Å². The lowest BCUT2D eigenvalue weighted by Crippen LogP contribution is -2.56. The SMILES string of the molecule is CC(CI)(NC(=O)c1ccc(C(F)(F)F)nc1)C(=O)Nc1nc(-c2ccccc2)c(Cc2ccccc2)s1. The third-order valence-corrected chi connectivity index (χ3v) is 8.14. The molecule has 4 aromatic rings. The number of carbonyl (C=O) groups is 2. The Bertz CT molecular complexity index is 1410. The van der Waals surface area contributed by atoms with E-state index in [1.165, 1.54) is 11.3 Å². The number of thiazole rings is 1. The Kier molecular flexibility index (Phi) is 8.46. The molecule has 2 heterocycles. The van der Waals surface area contributed by atoms with E-state index in [9.17, 15) is 22.8 Å². The molecule has 0 aliphatic heterocycles. The van der Waals surface area contributed by atoms with Gasteiger partial charge in [-0.3, -0.25) is 19.9 Å². The minimum Gasteiger partial charge on any atom is -0.337 e. The zero-order valence-electron chi connectivity index (χ0n) is 20.1. The molecule has 2 N–H and O–H groups in total. The van der Waals surface area contributed by atoms with E-state index < -0.39 is 29.2 Å². The van der Waals surface area contributed by atoms with Crippen molar-refractivity contribution < 1.29 is 22.8 Å². The smallest absolute Gasteiger partial charge is 0.337 e. The van der Waals surface area contributed by atoms with Gasteiger partial charge < -0.3 is 5.32 Å². The average molecular weight is 650 g/mol. The van der Waals surface area contributed by atoms with Crippen LogP contribution in [0.5, 0.6) is 0 Å². The second-order valence-electron chi connectivity index (χ2n) is 8.62. The fourth-order valence-electron chi connectivity index (χ4n) is 3.53. The van der Waals surface area contributed by atoms with E-state index in [4.69, 9.17) is 0 Å². The first-order chi connectivity index (χ1) is 18.1. The molecule has 0 spiro atoms. The summed E-state index contributed by atoms with van der Waals surface area (Å²) in [6.45, 7) is 1.54. The quantitative estimate of drug-likeness (QED) is 0.171. The highest BCUT2D eigenvalue weighted by molar-refractivity contribution is 14.1. The van der Waals surface area contributed by atoms with Gasteiger partial charge in [0.05, 0.1) is 11.3 Å². The number of hydrogen-bond acceptors (Lipinski definition) is 5. The lowest BCUT2D eigenvalue weighted by atomic mass is 10.0. The lowest BCUT2D eigenvalue weighted by molar-refractivity contribution is -0.141. The summed E-state index contributed by atoms with van der Waals surface area (Å²) in [5.74, 6) is -1.21. The predicted molar refractivity (Wildman–Crippen MR) is 149 cm³/mol. The molecule has 0 aliphatic carbocycles. The molecule has 38 heavy (non-hydrogen) atoms. The van der Waals surface area contributed by atoms with Gasteiger partial charge in [-0.05, 0) is 24.6 Å². The van der Waals surface area contributed by atoms with E-state index in [1.54, 1.807) is 6.92 Å². The van der Waals surface area contributed by atoms with Crippen molar-refractivity contribution in [3.05, 3.63) is 101 Å². The van der Waals surface area contributed by atoms with Gasteiger partial charge in [0.1, 0.15) is 11.2 Å². The summed E-state index contributed by atoms with van der Waals surface area (Å²) in [5, 5.41) is 5.82. The molecule has 0 saturated carbocycles. The predicted octanol–water partition coefficient (Wildman–Crippen LogP) is 6.38. The van der Waals surface area contributed by atoms with Gasteiger partial charge in [0.2, 0.25) is 0 Å². The van der Waals surface area contributed by atoms with E-state index in [2.05, 4.69) is 20.6 Å². The zero-order valence-corrected chi connectivity index (χ0v) is 23.0. The molecular formula is C27H22F3IN4O2S. The minimum absolute atomic E-state index is 0.0902. The zero-order chi connectivity index (χ0) is 27.3. The van der Waals surface area contributed by atoms with Crippen LogP contribution in [0.1, 0.15) is 33.4 Å². The van der Waals surface area contributed by atoms with Crippen molar-refractivity contribution in [2.24, 2.45) is 0 Å². The first-order valence-corrected chi connectivity index (χ1v) is 13.8. The second-order valence-corrected chi connectivity index (χ2v) is 10.5. The topological polar surface area (TPSA) is 84.0 Å². The van der Waals surface area contributed by atoms with E-state index >= 15 is 0 Å². The normalized spacial score (nSPS) is 13.0. The van der Waals surface area contributed by atoms with Crippen molar-refractivity contribution in [2.45, 2.75) is 25.1 Å². The summed E-state index contributed by atoms with van der Waals surface area (Å²) in [4.78, 5) is 35.0. The Morgan fingerprint density at radius 3 is 2.21 bits per heavy atom. The summed E-state index contributed by atoms with van der Waals surface area (Å²) in [5.41, 5.74) is 0.209. The first-order valence-electron chi connectivity index (χ1n) is 11.4. The summed E-state index contributed by atoms with van der Waals surface area (Å²) in [7, 11) is 0. The maximum Gasteiger partial charge on any atom is 0.433 e. The number of anilines is 1. The highest BCUT2D eigenvalue weighted by Gasteiger charge is 2.36. The van der Waals surface area contributed by atoms with Crippen molar-refractivity contribution in [1.29, 1.82) is 0 Å². The molecule has 196 valence electrons. The Morgan fingerprint density at radius 2 is 1.63 bits per heavy atom. The molecule has 0 radical (unpaired) electrons. The largest absolute Gasteiger partial charge is 0.433 e. The van der Waals surface area contributed by atoms with Gasteiger partial charge in [-0.15, -0.1) is 11.3 Å². The van der Waals surface area contributed by atoms with Crippen LogP contribution in [0.25, 0.3) is 11.3 Å². The van der Waals surface area contributed by atoms with Crippen molar-refractivity contribution in [3.63, 3.8) is 0 Å². The van der Waals surface area contributed by atoms with Gasteiger partial charge in [0.25, 0.3) is 11.8 Å². The van der Waals surface area contributed by atoms with E-state index in [0.29, 0.717) is 11.6 Å². The molecule has 2 amide bonds. The van der Waals surface area contributed by atoms with Crippen LogP contribution in [-0.2, 0) is 17.4 Å². The van der Waals surface area contributed by atoms with Crippen LogP contribution < -0.4 is 10.6 Å². The van der Waals surface area contributed by atoms with Crippen LogP contribution in [0, 0.1) is 0 Å². The number of alkyl halides is 4. The Morgan fingerprint density at radius 1 is 0.974 bits per heavy atom. The minimum atomic E-state index is -4.61. The Balaban J connectivity index is 1.54. The average Bonchev–Trinajstić information content (AvgIpc) is 3.31. The van der Waals surface area contributed by atoms with Crippen molar-refractivity contribution in [1.82, 2.24) is 15.3 Å². The summed E-state index contributed by atoms with van der Waals surface area (Å²) >= 11 is 3.32. The fourth-order valence-corrected chi connectivity index (χ4v) is 5.08. The number of amides is 2. The molecule has 1 atom stereocenters. The van der Waals surface area contributed by atoms with Crippen LogP contribution in [0.3, 0.4) is 0 Å². The van der Waals surface area contributed by atoms with Crippen LogP contribution in [0.2, 0.25) is 0 Å². The van der Waals surface area contributed by atoms with Crippen LogP contribution in [0.15, 0.2) is 79.0 Å². The Hall–Kier alpha value is -3.32. The molecule has 6 nitrogen and oxygen atoms in total. The number of carbonyl (C=O) groups excluding carboxylic acids is 2. The van der Waals surface area contributed by atoms with E-state index in [1.807, 2.05) is 83.3 Å². The molecule has 0 saturated heterocycles. The number of benzene rings is 2. The lowest BCUT2D eigenvalue weighted by Gasteiger charge is -2.27. The first kappa shape index (κ1) is 27.7. The van der Waals surface area contributed by atoms with Crippen LogP contribution in [-0.4, -0.2) is 31.7 Å². The molecule has 0 bridgehead atoms. The molecule has 2 aromatic heterocycles. The van der Waals surface area contributed by atoms with Gasteiger partial charge in [0, 0.05) is 27.5 Å².